The van der Waals surface area contributed by atoms with E-state index in [1.807, 2.05) is 13.8 Å². The molecular weight excluding hydrogens is 411 g/mol. The van der Waals surface area contributed by atoms with Gasteiger partial charge in [-0.05, 0) is 32.0 Å². The van der Waals surface area contributed by atoms with Gasteiger partial charge in [0.15, 0.2) is 5.69 Å². The third-order valence-corrected chi connectivity index (χ3v) is 4.65. The van der Waals surface area contributed by atoms with Gasteiger partial charge in [0.1, 0.15) is 0 Å². The summed E-state index contributed by atoms with van der Waals surface area (Å²) in [5, 5.41) is 5.97. The minimum absolute atomic E-state index is 0.104. The Kier molecular flexibility index (Phi) is 5.60. The number of nitrogens with one attached hydrogen (secondary N) is 2. The summed E-state index contributed by atoms with van der Waals surface area (Å²) in [4.78, 5) is 25.3. The SMILES string of the molecule is CC(C)n1nc(C(=O)NNc2c(Cl)cc(Cl)cc2Cl)c2ccccc2c1=O. The highest BCUT2D eigenvalue weighted by molar-refractivity contribution is 6.41. The van der Waals surface area contributed by atoms with Gasteiger partial charge in [-0.3, -0.25) is 20.4 Å². The van der Waals surface area contributed by atoms with Gasteiger partial charge in [-0.2, -0.15) is 5.10 Å². The van der Waals surface area contributed by atoms with Crippen LogP contribution in [0.2, 0.25) is 15.1 Å². The minimum Gasteiger partial charge on any atom is -0.295 e. The molecule has 0 unspecified atom stereocenters. The molecule has 9 heteroatoms. The zero-order valence-corrected chi connectivity index (χ0v) is 16.7. The number of nitrogens with zero attached hydrogens (tertiary/aromatic N) is 2. The Morgan fingerprint density at radius 3 is 2.26 bits per heavy atom. The number of anilines is 1. The van der Waals surface area contributed by atoms with E-state index in [-0.39, 0.29) is 27.3 Å². The van der Waals surface area contributed by atoms with E-state index in [4.69, 9.17) is 34.8 Å². The number of carbonyl (C=O) groups excluding carboxylic acids is 1. The molecule has 2 aromatic carbocycles. The van der Waals surface area contributed by atoms with Crippen molar-refractivity contribution in [1.29, 1.82) is 0 Å². The molecule has 0 spiro atoms. The minimum atomic E-state index is -0.539. The summed E-state index contributed by atoms with van der Waals surface area (Å²) in [5.41, 5.74) is 5.35. The van der Waals surface area contributed by atoms with Crippen molar-refractivity contribution in [2.75, 3.05) is 5.43 Å². The van der Waals surface area contributed by atoms with E-state index in [2.05, 4.69) is 16.0 Å². The van der Waals surface area contributed by atoms with Crippen LogP contribution in [0.1, 0.15) is 30.4 Å². The number of halogens is 3. The summed E-state index contributed by atoms with van der Waals surface area (Å²) in [7, 11) is 0. The first-order valence-corrected chi connectivity index (χ1v) is 9.15. The summed E-state index contributed by atoms with van der Waals surface area (Å²) in [6.45, 7) is 3.63. The molecule has 0 atom stereocenters. The predicted molar refractivity (Wildman–Crippen MR) is 109 cm³/mol. The van der Waals surface area contributed by atoms with Crippen LogP contribution in [0, 0.1) is 0 Å². The number of fused-ring (bicyclic) bond motifs is 1. The third-order valence-electron chi connectivity index (χ3n) is 3.84. The van der Waals surface area contributed by atoms with Crippen LogP contribution < -0.4 is 16.4 Å². The number of benzene rings is 2. The number of amides is 1. The molecule has 0 radical (unpaired) electrons. The van der Waals surface area contributed by atoms with Crippen molar-refractivity contribution < 1.29 is 4.79 Å². The van der Waals surface area contributed by atoms with Crippen molar-refractivity contribution in [3.8, 4) is 0 Å². The second-order valence-corrected chi connectivity index (χ2v) is 7.31. The van der Waals surface area contributed by atoms with Gasteiger partial charge < -0.3 is 0 Å². The molecule has 0 saturated heterocycles. The average molecular weight is 426 g/mol. The van der Waals surface area contributed by atoms with E-state index in [0.29, 0.717) is 21.5 Å². The first kappa shape index (κ1) is 19.5. The number of carbonyl (C=O) groups is 1. The lowest BCUT2D eigenvalue weighted by atomic mass is 10.1. The number of hydrogen-bond acceptors (Lipinski definition) is 4. The van der Waals surface area contributed by atoms with Gasteiger partial charge >= 0.3 is 0 Å². The van der Waals surface area contributed by atoms with Crippen LogP contribution in [0.15, 0.2) is 41.2 Å². The quantitative estimate of drug-likeness (QED) is 0.594. The first-order valence-electron chi connectivity index (χ1n) is 8.02. The van der Waals surface area contributed by atoms with Crippen molar-refractivity contribution >= 4 is 57.2 Å². The number of hydrogen-bond donors (Lipinski definition) is 2. The molecule has 0 aliphatic heterocycles. The fourth-order valence-corrected chi connectivity index (χ4v) is 3.48. The highest BCUT2D eigenvalue weighted by Crippen LogP contribution is 2.33. The molecule has 1 aromatic heterocycles. The fraction of sp³-hybridized carbons (Fsp3) is 0.167. The molecule has 0 saturated carbocycles. The van der Waals surface area contributed by atoms with Crippen LogP contribution in [0.25, 0.3) is 10.8 Å². The average Bonchev–Trinajstić information content (AvgIpc) is 2.60. The lowest BCUT2D eigenvalue weighted by molar-refractivity contribution is 0.0957. The van der Waals surface area contributed by atoms with Crippen LogP contribution in [0.5, 0.6) is 0 Å². The molecule has 27 heavy (non-hydrogen) atoms. The van der Waals surface area contributed by atoms with Crippen molar-refractivity contribution in [3.05, 3.63) is 67.5 Å². The second kappa shape index (κ2) is 7.76. The molecule has 0 aliphatic carbocycles. The Hall–Kier alpha value is -2.28. The smallest absolute Gasteiger partial charge is 0.290 e. The highest BCUT2D eigenvalue weighted by atomic mass is 35.5. The van der Waals surface area contributed by atoms with Gasteiger partial charge in [0.2, 0.25) is 0 Å². The molecule has 0 fully saturated rings. The Morgan fingerprint density at radius 1 is 1.07 bits per heavy atom. The highest BCUT2D eigenvalue weighted by Gasteiger charge is 2.18. The van der Waals surface area contributed by atoms with Gasteiger partial charge in [-0.15, -0.1) is 0 Å². The Morgan fingerprint density at radius 2 is 1.67 bits per heavy atom. The van der Waals surface area contributed by atoms with Gasteiger partial charge in [0.25, 0.3) is 11.5 Å². The molecular formula is C18H15Cl3N4O2. The molecule has 1 heterocycles. The molecule has 0 bridgehead atoms. The predicted octanol–water partition coefficient (Wildman–Crippen LogP) is 4.69. The van der Waals surface area contributed by atoms with E-state index in [9.17, 15) is 9.59 Å². The van der Waals surface area contributed by atoms with Gasteiger partial charge in [0, 0.05) is 10.4 Å². The normalized spacial score (nSPS) is 11.0. The van der Waals surface area contributed by atoms with Gasteiger partial charge in [-0.25, -0.2) is 4.68 Å². The largest absolute Gasteiger partial charge is 0.295 e. The van der Waals surface area contributed by atoms with Crippen molar-refractivity contribution in [3.63, 3.8) is 0 Å². The molecule has 140 valence electrons. The maximum absolute atomic E-state index is 12.7. The Balaban J connectivity index is 1.99. The first-order chi connectivity index (χ1) is 12.8. The van der Waals surface area contributed by atoms with Crippen LogP contribution >= 0.6 is 34.8 Å². The molecule has 1 amide bonds. The van der Waals surface area contributed by atoms with E-state index >= 15 is 0 Å². The van der Waals surface area contributed by atoms with Crippen molar-refractivity contribution in [2.45, 2.75) is 19.9 Å². The Bertz CT molecular complexity index is 1070. The monoisotopic (exact) mass is 424 g/mol. The van der Waals surface area contributed by atoms with E-state index in [1.165, 1.54) is 16.8 Å². The van der Waals surface area contributed by atoms with Crippen LogP contribution in [0.3, 0.4) is 0 Å². The summed E-state index contributed by atoms with van der Waals surface area (Å²) in [6, 6.07) is 9.59. The van der Waals surface area contributed by atoms with Crippen molar-refractivity contribution in [1.82, 2.24) is 15.2 Å². The van der Waals surface area contributed by atoms with Gasteiger partial charge in [-0.1, -0.05) is 53.0 Å². The topological polar surface area (TPSA) is 76.0 Å². The lowest BCUT2D eigenvalue weighted by Gasteiger charge is -2.15. The number of hydrazine groups is 1. The standard InChI is InChI=1S/C18H15Cl3N4O2/c1-9(2)25-18(27)12-6-4-3-5-11(12)15(24-25)17(26)23-22-16-13(20)7-10(19)8-14(16)21/h3-9,22H,1-2H3,(H,23,26). The van der Waals surface area contributed by atoms with E-state index in [0.717, 1.165) is 0 Å². The molecule has 0 aliphatic rings. The summed E-state index contributed by atoms with van der Waals surface area (Å²) in [6.07, 6.45) is 0. The Labute approximate surface area is 170 Å². The molecule has 3 rings (SSSR count). The van der Waals surface area contributed by atoms with Crippen LogP contribution in [0.4, 0.5) is 5.69 Å². The van der Waals surface area contributed by atoms with E-state index < -0.39 is 5.91 Å². The number of rotatable bonds is 4. The fourth-order valence-electron chi connectivity index (χ4n) is 2.56. The second-order valence-electron chi connectivity index (χ2n) is 6.06. The molecule has 2 N–H and O–H groups in total. The van der Waals surface area contributed by atoms with E-state index in [1.54, 1.807) is 24.3 Å². The zero-order chi connectivity index (χ0) is 19.7. The lowest BCUT2D eigenvalue weighted by Crippen LogP contribution is -2.34. The maximum atomic E-state index is 12.7. The maximum Gasteiger partial charge on any atom is 0.290 e. The summed E-state index contributed by atoms with van der Waals surface area (Å²) >= 11 is 18.1. The summed E-state index contributed by atoms with van der Waals surface area (Å²) in [5.74, 6) is -0.539. The summed E-state index contributed by atoms with van der Waals surface area (Å²) < 4.78 is 1.28. The number of aromatic nitrogens is 2. The van der Waals surface area contributed by atoms with Crippen LogP contribution in [-0.2, 0) is 0 Å². The van der Waals surface area contributed by atoms with Crippen LogP contribution in [-0.4, -0.2) is 15.7 Å². The third kappa shape index (κ3) is 3.88. The zero-order valence-electron chi connectivity index (χ0n) is 14.4. The van der Waals surface area contributed by atoms with Gasteiger partial charge in [0.05, 0.1) is 27.2 Å². The molecule has 6 nitrogen and oxygen atoms in total. The molecule has 3 aromatic rings. The van der Waals surface area contributed by atoms with Crippen molar-refractivity contribution in [2.24, 2.45) is 0 Å².